The van der Waals surface area contributed by atoms with Crippen LogP contribution in [0.3, 0.4) is 0 Å². The second kappa shape index (κ2) is 6.01. The lowest BCUT2D eigenvalue weighted by molar-refractivity contribution is 0.275. The summed E-state index contributed by atoms with van der Waals surface area (Å²) in [5.41, 5.74) is 0.640. The summed E-state index contributed by atoms with van der Waals surface area (Å²) >= 11 is 0. The average Bonchev–Trinajstić information content (AvgIpc) is 2.25. The molecule has 0 aliphatic rings. The van der Waals surface area contributed by atoms with Crippen LogP contribution in [0.2, 0.25) is 0 Å². The highest BCUT2D eigenvalue weighted by Crippen LogP contribution is 2.09. The molecule has 0 amide bonds. The van der Waals surface area contributed by atoms with Crippen molar-refractivity contribution < 1.29 is 9.84 Å². The summed E-state index contributed by atoms with van der Waals surface area (Å²) in [5, 5.41) is 8.75. The number of hydrogen-bond acceptors (Lipinski definition) is 3. The molecule has 0 bridgehead atoms. The molecule has 1 heterocycles. The maximum Gasteiger partial charge on any atom is 0.137 e. The van der Waals surface area contributed by atoms with E-state index >= 15 is 0 Å². The first-order valence-corrected chi connectivity index (χ1v) is 4.49. The lowest BCUT2D eigenvalue weighted by Gasteiger charge is -2.04. The van der Waals surface area contributed by atoms with Crippen molar-refractivity contribution in [1.29, 1.82) is 0 Å². The molecule has 3 heteroatoms. The molecule has 0 aliphatic heterocycles. The highest BCUT2D eigenvalue weighted by Gasteiger charge is 1.95. The summed E-state index contributed by atoms with van der Waals surface area (Å²) in [7, 11) is 0. The molecule has 1 N–H and O–H groups in total. The van der Waals surface area contributed by atoms with Crippen LogP contribution in [-0.2, 0) is 6.61 Å². The zero-order chi connectivity index (χ0) is 10.2. The molecule has 0 fully saturated rings. The van der Waals surface area contributed by atoms with Crippen molar-refractivity contribution in [2.45, 2.75) is 19.4 Å². The van der Waals surface area contributed by atoms with Gasteiger partial charge in [-0.25, -0.2) is 0 Å². The minimum atomic E-state index is -0.0443. The molecule has 1 aromatic heterocycles. The van der Waals surface area contributed by atoms with Crippen LogP contribution in [-0.4, -0.2) is 16.7 Å². The van der Waals surface area contributed by atoms with E-state index in [9.17, 15) is 0 Å². The summed E-state index contributed by atoms with van der Waals surface area (Å²) in [6, 6.07) is 3.52. The first-order valence-electron chi connectivity index (χ1n) is 4.49. The Morgan fingerprint density at radius 3 is 2.93 bits per heavy atom. The van der Waals surface area contributed by atoms with Gasteiger partial charge in [-0.3, -0.25) is 4.98 Å². The molecule has 0 atom stereocenters. The Labute approximate surface area is 83.7 Å². The number of pyridine rings is 1. The van der Waals surface area contributed by atoms with Gasteiger partial charge in [-0.05, 0) is 18.6 Å². The topological polar surface area (TPSA) is 42.4 Å². The minimum absolute atomic E-state index is 0.0443. The van der Waals surface area contributed by atoms with Crippen LogP contribution in [0.5, 0.6) is 5.75 Å². The van der Waals surface area contributed by atoms with Crippen molar-refractivity contribution in [3.8, 4) is 18.1 Å². The summed E-state index contributed by atoms with van der Waals surface area (Å²) in [6.45, 7) is 0.557. The van der Waals surface area contributed by atoms with Crippen molar-refractivity contribution >= 4 is 0 Å². The predicted octanol–water partition coefficient (Wildman–Crippen LogP) is 1.37. The zero-order valence-corrected chi connectivity index (χ0v) is 7.94. The van der Waals surface area contributed by atoms with Crippen molar-refractivity contribution in [3.05, 3.63) is 24.0 Å². The molecule has 0 saturated heterocycles. The van der Waals surface area contributed by atoms with E-state index in [0.29, 0.717) is 18.1 Å². The van der Waals surface area contributed by atoms with Gasteiger partial charge in [0.1, 0.15) is 5.75 Å². The van der Waals surface area contributed by atoms with Crippen LogP contribution >= 0.6 is 0 Å². The van der Waals surface area contributed by atoms with Crippen LogP contribution in [0, 0.1) is 12.3 Å². The Hall–Kier alpha value is -1.53. The van der Waals surface area contributed by atoms with E-state index in [-0.39, 0.29) is 6.61 Å². The molecule has 0 unspecified atom stereocenters. The van der Waals surface area contributed by atoms with Gasteiger partial charge in [0.05, 0.1) is 25.1 Å². The number of terminal acetylenes is 1. The molecular weight excluding hydrogens is 178 g/mol. The normalized spacial score (nSPS) is 9.43. The third kappa shape index (κ3) is 3.46. The van der Waals surface area contributed by atoms with Gasteiger partial charge in [-0.2, -0.15) is 0 Å². The first kappa shape index (κ1) is 10.6. The molecule has 0 aliphatic carbocycles. The minimum Gasteiger partial charge on any atom is -0.492 e. The number of hydrogen-bond donors (Lipinski definition) is 1. The number of aromatic nitrogens is 1. The van der Waals surface area contributed by atoms with Gasteiger partial charge in [-0.15, -0.1) is 12.3 Å². The summed E-state index contributed by atoms with van der Waals surface area (Å²) < 4.78 is 5.37. The van der Waals surface area contributed by atoms with Crippen LogP contribution in [0.25, 0.3) is 0 Å². The fourth-order valence-electron chi connectivity index (χ4n) is 0.954. The largest absolute Gasteiger partial charge is 0.492 e. The fourth-order valence-corrected chi connectivity index (χ4v) is 0.954. The van der Waals surface area contributed by atoms with Gasteiger partial charge in [-0.1, -0.05) is 0 Å². The number of ether oxygens (including phenoxy) is 1. The molecule has 1 aromatic rings. The summed E-state index contributed by atoms with van der Waals surface area (Å²) in [5.74, 6) is 3.25. The van der Waals surface area contributed by atoms with Crippen LogP contribution < -0.4 is 4.74 Å². The molecule has 0 aromatic carbocycles. The molecule has 1 rings (SSSR count). The lowest BCUT2D eigenvalue weighted by Crippen LogP contribution is -1.97. The molecule has 0 spiro atoms. The van der Waals surface area contributed by atoms with Gasteiger partial charge in [0, 0.05) is 6.42 Å². The van der Waals surface area contributed by atoms with Gasteiger partial charge in [0.2, 0.25) is 0 Å². The molecule has 74 valence electrons. The molecule has 14 heavy (non-hydrogen) atoms. The maximum absolute atomic E-state index is 8.75. The van der Waals surface area contributed by atoms with Crippen LogP contribution in [0.1, 0.15) is 18.5 Å². The highest BCUT2D eigenvalue weighted by molar-refractivity contribution is 5.19. The number of nitrogens with zero attached hydrogens (tertiary/aromatic N) is 1. The van der Waals surface area contributed by atoms with Crippen molar-refractivity contribution in [1.82, 2.24) is 4.98 Å². The second-order valence-corrected chi connectivity index (χ2v) is 2.80. The van der Waals surface area contributed by atoms with E-state index in [4.69, 9.17) is 16.3 Å². The number of unbranched alkanes of at least 4 members (excludes halogenated alkanes) is 1. The van der Waals surface area contributed by atoms with E-state index in [1.54, 1.807) is 18.3 Å². The third-order valence-corrected chi connectivity index (χ3v) is 1.69. The van der Waals surface area contributed by atoms with Gasteiger partial charge >= 0.3 is 0 Å². The Bertz CT molecular complexity index is 300. The zero-order valence-electron chi connectivity index (χ0n) is 7.94. The van der Waals surface area contributed by atoms with Gasteiger partial charge in [0.15, 0.2) is 0 Å². The SMILES string of the molecule is C#CCCCOc1ccc(CO)nc1. The van der Waals surface area contributed by atoms with Crippen LogP contribution in [0.4, 0.5) is 0 Å². The lowest BCUT2D eigenvalue weighted by atomic mass is 10.3. The fraction of sp³-hybridized carbons (Fsp3) is 0.364. The number of rotatable bonds is 5. The van der Waals surface area contributed by atoms with Crippen molar-refractivity contribution in [2.75, 3.05) is 6.61 Å². The first-order chi connectivity index (χ1) is 6.86. The average molecular weight is 191 g/mol. The molecule has 3 nitrogen and oxygen atoms in total. The Morgan fingerprint density at radius 2 is 2.36 bits per heavy atom. The number of aliphatic hydroxyl groups is 1. The quantitative estimate of drug-likeness (QED) is 0.564. The molecular formula is C11H13NO2. The van der Waals surface area contributed by atoms with E-state index in [2.05, 4.69) is 10.9 Å². The molecule has 0 saturated carbocycles. The summed E-state index contributed by atoms with van der Waals surface area (Å²) in [4.78, 5) is 3.98. The second-order valence-electron chi connectivity index (χ2n) is 2.80. The third-order valence-electron chi connectivity index (χ3n) is 1.69. The standard InChI is InChI=1S/C11H13NO2/c1-2-3-4-7-14-11-6-5-10(9-13)12-8-11/h1,5-6,8,13H,3-4,7,9H2. The van der Waals surface area contributed by atoms with Crippen molar-refractivity contribution in [2.24, 2.45) is 0 Å². The summed E-state index contributed by atoms with van der Waals surface area (Å²) in [6.07, 6.45) is 8.27. The van der Waals surface area contributed by atoms with Crippen molar-refractivity contribution in [3.63, 3.8) is 0 Å². The smallest absolute Gasteiger partial charge is 0.137 e. The Kier molecular flexibility index (Phi) is 4.53. The van der Waals surface area contributed by atoms with E-state index < -0.39 is 0 Å². The highest BCUT2D eigenvalue weighted by atomic mass is 16.5. The number of aliphatic hydroxyl groups excluding tert-OH is 1. The van der Waals surface area contributed by atoms with E-state index in [0.717, 1.165) is 12.8 Å². The predicted molar refractivity (Wildman–Crippen MR) is 53.7 cm³/mol. The maximum atomic E-state index is 8.75. The van der Waals surface area contributed by atoms with Gasteiger partial charge < -0.3 is 9.84 Å². The van der Waals surface area contributed by atoms with Crippen LogP contribution in [0.15, 0.2) is 18.3 Å². The monoisotopic (exact) mass is 191 g/mol. The van der Waals surface area contributed by atoms with Gasteiger partial charge in [0.25, 0.3) is 0 Å². The molecule has 0 radical (unpaired) electrons. The van der Waals surface area contributed by atoms with E-state index in [1.165, 1.54) is 0 Å². The van der Waals surface area contributed by atoms with E-state index in [1.807, 2.05) is 0 Å². The Morgan fingerprint density at radius 1 is 1.50 bits per heavy atom. The Balaban J connectivity index is 2.33.